The van der Waals surface area contributed by atoms with E-state index in [1.165, 1.54) is 4.80 Å². The Morgan fingerprint density at radius 2 is 2.11 bits per heavy atom. The fourth-order valence-electron chi connectivity index (χ4n) is 1.63. The molecule has 0 radical (unpaired) electrons. The zero-order valence-corrected chi connectivity index (χ0v) is 10.9. The molecule has 1 heterocycles. The summed E-state index contributed by atoms with van der Waals surface area (Å²) in [4.78, 5) is 14.1. The standard InChI is InChI=1S/C13H16N4O2/c1-10(13(18)19)16(2)9-11-8-14-17(15-11)12-6-4-3-5-7-12/h3-8,10H,9H2,1-2H3,(H,18,19). The first-order valence-corrected chi connectivity index (χ1v) is 5.97. The van der Waals surface area contributed by atoms with Crippen LogP contribution in [0.3, 0.4) is 0 Å². The molecule has 0 aliphatic rings. The summed E-state index contributed by atoms with van der Waals surface area (Å²) in [7, 11) is 1.75. The minimum atomic E-state index is -0.849. The zero-order chi connectivity index (χ0) is 13.8. The van der Waals surface area contributed by atoms with Gasteiger partial charge in [0, 0.05) is 6.54 Å². The average Bonchev–Trinajstić information content (AvgIpc) is 2.87. The predicted octanol–water partition coefficient (Wildman–Crippen LogP) is 1.17. The Morgan fingerprint density at radius 3 is 2.74 bits per heavy atom. The van der Waals surface area contributed by atoms with Crippen LogP contribution in [0.4, 0.5) is 0 Å². The molecule has 6 heteroatoms. The van der Waals surface area contributed by atoms with Gasteiger partial charge in [0.1, 0.15) is 6.04 Å². The Hall–Kier alpha value is -2.21. The van der Waals surface area contributed by atoms with Crippen molar-refractivity contribution in [3.05, 3.63) is 42.2 Å². The maximum atomic E-state index is 10.9. The summed E-state index contributed by atoms with van der Waals surface area (Å²) < 4.78 is 0. The van der Waals surface area contributed by atoms with Crippen LogP contribution < -0.4 is 0 Å². The molecule has 0 amide bonds. The number of benzene rings is 1. The summed E-state index contributed by atoms with van der Waals surface area (Å²) in [5, 5.41) is 17.4. The molecule has 100 valence electrons. The monoisotopic (exact) mass is 260 g/mol. The van der Waals surface area contributed by atoms with E-state index in [-0.39, 0.29) is 0 Å². The summed E-state index contributed by atoms with van der Waals surface area (Å²) in [6, 6.07) is 9.02. The number of likely N-dealkylation sites (N-methyl/N-ethyl adjacent to an activating group) is 1. The first-order valence-electron chi connectivity index (χ1n) is 5.97. The highest BCUT2D eigenvalue weighted by Crippen LogP contribution is 2.07. The number of nitrogens with zero attached hydrogens (tertiary/aromatic N) is 4. The summed E-state index contributed by atoms with van der Waals surface area (Å²) in [5.74, 6) is -0.849. The fraction of sp³-hybridized carbons (Fsp3) is 0.308. The van der Waals surface area contributed by atoms with Gasteiger partial charge in [0.05, 0.1) is 17.6 Å². The number of aliphatic carboxylic acids is 1. The van der Waals surface area contributed by atoms with Crippen molar-refractivity contribution in [1.82, 2.24) is 19.9 Å². The molecule has 1 aromatic carbocycles. The lowest BCUT2D eigenvalue weighted by molar-refractivity contribution is -0.142. The van der Waals surface area contributed by atoms with Crippen molar-refractivity contribution in [2.24, 2.45) is 0 Å². The highest BCUT2D eigenvalue weighted by atomic mass is 16.4. The lowest BCUT2D eigenvalue weighted by Crippen LogP contribution is -2.35. The number of carboxylic acid groups (broad SMARTS) is 1. The van der Waals surface area contributed by atoms with Gasteiger partial charge in [0.15, 0.2) is 0 Å². The summed E-state index contributed by atoms with van der Waals surface area (Å²) >= 11 is 0. The summed E-state index contributed by atoms with van der Waals surface area (Å²) in [5.41, 5.74) is 1.61. The molecule has 0 bridgehead atoms. The van der Waals surface area contributed by atoms with E-state index in [0.29, 0.717) is 6.54 Å². The fourth-order valence-corrected chi connectivity index (χ4v) is 1.63. The first-order chi connectivity index (χ1) is 9.08. The van der Waals surface area contributed by atoms with Gasteiger partial charge in [-0.2, -0.15) is 15.0 Å². The van der Waals surface area contributed by atoms with Crippen LogP contribution in [0.5, 0.6) is 0 Å². The normalized spacial score (nSPS) is 12.6. The van der Waals surface area contributed by atoms with Crippen molar-refractivity contribution in [2.75, 3.05) is 7.05 Å². The van der Waals surface area contributed by atoms with E-state index in [2.05, 4.69) is 10.2 Å². The van der Waals surface area contributed by atoms with Crippen molar-refractivity contribution in [3.63, 3.8) is 0 Å². The topological polar surface area (TPSA) is 71.2 Å². The number of aromatic nitrogens is 3. The van der Waals surface area contributed by atoms with E-state index < -0.39 is 12.0 Å². The van der Waals surface area contributed by atoms with Crippen LogP contribution in [-0.4, -0.2) is 44.1 Å². The molecule has 6 nitrogen and oxygen atoms in total. The second kappa shape index (κ2) is 5.62. The quantitative estimate of drug-likeness (QED) is 0.873. The molecular formula is C13H16N4O2. The SMILES string of the molecule is CC(C(=O)O)N(C)Cc1cnn(-c2ccccc2)n1. The van der Waals surface area contributed by atoms with Crippen LogP contribution >= 0.6 is 0 Å². The molecule has 0 saturated carbocycles. The smallest absolute Gasteiger partial charge is 0.320 e. The van der Waals surface area contributed by atoms with Gasteiger partial charge in [-0.25, -0.2) is 0 Å². The third-order valence-electron chi connectivity index (χ3n) is 2.96. The molecule has 0 aliphatic carbocycles. The van der Waals surface area contributed by atoms with Gasteiger partial charge in [-0.15, -0.1) is 0 Å². The van der Waals surface area contributed by atoms with E-state index in [1.54, 1.807) is 25.1 Å². The molecule has 0 fully saturated rings. The second-order valence-corrected chi connectivity index (χ2v) is 4.39. The molecule has 0 aliphatic heterocycles. The minimum Gasteiger partial charge on any atom is -0.480 e. The van der Waals surface area contributed by atoms with Gasteiger partial charge in [-0.05, 0) is 26.1 Å². The van der Waals surface area contributed by atoms with Gasteiger partial charge in [-0.1, -0.05) is 18.2 Å². The van der Waals surface area contributed by atoms with Crippen LogP contribution in [0.25, 0.3) is 5.69 Å². The van der Waals surface area contributed by atoms with Crippen molar-refractivity contribution >= 4 is 5.97 Å². The zero-order valence-electron chi connectivity index (χ0n) is 10.9. The van der Waals surface area contributed by atoms with E-state index in [0.717, 1.165) is 11.4 Å². The van der Waals surface area contributed by atoms with Crippen LogP contribution in [0.1, 0.15) is 12.6 Å². The first kappa shape index (κ1) is 13.2. The Morgan fingerprint density at radius 1 is 1.42 bits per heavy atom. The van der Waals surface area contributed by atoms with E-state index in [1.807, 2.05) is 30.3 Å². The largest absolute Gasteiger partial charge is 0.480 e. The Bertz CT molecular complexity index is 553. The molecule has 1 aromatic heterocycles. The molecule has 1 N–H and O–H groups in total. The van der Waals surface area contributed by atoms with Gasteiger partial charge in [0.25, 0.3) is 0 Å². The van der Waals surface area contributed by atoms with E-state index in [9.17, 15) is 4.79 Å². The molecular weight excluding hydrogens is 244 g/mol. The number of rotatable bonds is 5. The van der Waals surface area contributed by atoms with Gasteiger partial charge in [-0.3, -0.25) is 9.69 Å². The summed E-state index contributed by atoms with van der Waals surface area (Å²) in [6.45, 7) is 2.09. The molecule has 19 heavy (non-hydrogen) atoms. The van der Waals surface area contributed by atoms with Crippen LogP contribution in [0.2, 0.25) is 0 Å². The van der Waals surface area contributed by atoms with Crippen molar-refractivity contribution in [3.8, 4) is 5.69 Å². The van der Waals surface area contributed by atoms with Crippen molar-refractivity contribution in [1.29, 1.82) is 0 Å². The molecule has 2 rings (SSSR count). The molecule has 0 spiro atoms. The highest BCUT2D eigenvalue weighted by Gasteiger charge is 2.17. The van der Waals surface area contributed by atoms with E-state index >= 15 is 0 Å². The molecule has 1 unspecified atom stereocenters. The Balaban J connectivity index is 2.08. The maximum Gasteiger partial charge on any atom is 0.320 e. The van der Waals surface area contributed by atoms with Gasteiger partial charge < -0.3 is 5.11 Å². The minimum absolute atomic E-state index is 0.445. The average molecular weight is 260 g/mol. The van der Waals surface area contributed by atoms with Crippen LogP contribution in [0, 0.1) is 0 Å². The van der Waals surface area contributed by atoms with E-state index in [4.69, 9.17) is 5.11 Å². The number of hydrogen-bond donors (Lipinski definition) is 1. The number of para-hydroxylation sites is 1. The molecule has 0 saturated heterocycles. The van der Waals surface area contributed by atoms with Gasteiger partial charge >= 0.3 is 5.97 Å². The third-order valence-corrected chi connectivity index (χ3v) is 2.96. The third kappa shape index (κ3) is 3.17. The lowest BCUT2D eigenvalue weighted by atomic mass is 10.3. The number of carboxylic acids is 1. The Kier molecular flexibility index (Phi) is 3.91. The summed E-state index contributed by atoms with van der Waals surface area (Å²) in [6.07, 6.45) is 1.65. The lowest BCUT2D eigenvalue weighted by Gasteiger charge is -2.19. The van der Waals surface area contributed by atoms with Gasteiger partial charge in [0.2, 0.25) is 0 Å². The molecule has 1 atom stereocenters. The van der Waals surface area contributed by atoms with Crippen molar-refractivity contribution < 1.29 is 9.90 Å². The number of hydrogen-bond acceptors (Lipinski definition) is 4. The van der Waals surface area contributed by atoms with Crippen LogP contribution in [0.15, 0.2) is 36.5 Å². The number of carbonyl (C=O) groups is 1. The highest BCUT2D eigenvalue weighted by molar-refractivity contribution is 5.72. The second-order valence-electron chi connectivity index (χ2n) is 4.39. The predicted molar refractivity (Wildman–Crippen MR) is 69.9 cm³/mol. The maximum absolute atomic E-state index is 10.9. The Labute approximate surface area is 111 Å². The molecule has 2 aromatic rings. The van der Waals surface area contributed by atoms with Crippen LogP contribution in [-0.2, 0) is 11.3 Å². The van der Waals surface area contributed by atoms with Crippen molar-refractivity contribution in [2.45, 2.75) is 19.5 Å².